The summed E-state index contributed by atoms with van der Waals surface area (Å²) in [6.45, 7) is 4.64. The molecule has 1 spiro atoms. The van der Waals surface area contributed by atoms with Crippen LogP contribution in [0.1, 0.15) is 39.0 Å². The third-order valence-electron chi connectivity index (χ3n) is 4.28. The first-order valence-electron chi connectivity index (χ1n) is 6.81. The van der Waals surface area contributed by atoms with Gasteiger partial charge in [-0.05, 0) is 26.8 Å². The fourth-order valence-electron chi connectivity index (χ4n) is 3.40. The van der Waals surface area contributed by atoms with Crippen LogP contribution in [0.15, 0.2) is 0 Å². The van der Waals surface area contributed by atoms with E-state index in [0.717, 1.165) is 32.5 Å². The van der Waals surface area contributed by atoms with Crippen molar-refractivity contribution in [2.24, 2.45) is 5.73 Å². The summed E-state index contributed by atoms with van der Waals surface area (Å²) in [5, 5.41) is 0. The van der Waals surface area contributed by atoms with Crippen molar-refractivity contribution in [3.8, 4) is 0 Å². The molecule has 4 nitrogen and oxygen atoms in total. The summed E-state index contributed by atoms with van der Waals surface area (Å²) >= 11 is 0. The smallest absolute Gasteiger partial charge is 0.239 e. The van der Waals surface area contributed by atoms with E-state index in [1.807, 2.05) is 0 Å². The first kappa shape index (κ1) is 19.0. The predicted octanol–water partition coefficient (Wildman–Crippen LogP) is 1.65. The van der Waals surface area contributed by atoms with Crippen molar-refractivity contribution in [2.75, 3.05) is 26.7 Å². The van der Waals surface area contributed by atoms with Gasteiger partial charge in [0.15, 0.2) is 0 Å². The zero-order valence-electron chi connectivity index (χ0n) is 11.9. The van der Waals surface area contributed by atoms with Gasteiger partial charge in [-0.2, -0.15) is 0 Å². The van der Waals surface area contributed by atoms with Crippen LogP contribution in [-0.2, 0) is 4.79 Å². The molecule has 1 amide bonds. The lowest BCUT2D eigenvalue weighted by atomic mass is 9.78. The second-order valence-electron chi connectivity index (χ2n) is 5.80. The van der Waals surface area contributed by atoms with Crippen LogP contribution in [0.3, 0.4) is 0 Å². The van der Waals surface area contributed by atoms with E-state index in [-0.39, 0.29) is 42.3 Å². The van der Waals surface area contributed by atoms with Gasteiger partial charge in [0, 0.05) is 19.6 Å². The second-order valence-corrected chi connectivity index (χ2v) is 5.80. The Kier molecular flexibility index (Phi) is 7.66. The number of nitrogens with zero attached hydrogens (tertiary/aromatic N) is 2. The van der Waals surface area contributed by atoms with Gasteiger partial charge in [0.25, 0.3) is 0 Å². The molecule has 0 bridgehead atoms. The summed E-state index contributed by atoms with van der Waals surface area (Å²) in [5.41, 5.74) is 5.87. The molecule has 114 valence electrons. The van der Waals surface area contributed by atoms with Gasteiger partial charge in [0.05, 0.1) is 11.6 Å². The van der Waals surface area contributed by atoms with E-state index in [1.165, 1.54) is 19.3 Å². The van der Waals surface area contributed by atoms with Gasteiger partial charge in [-0.1, -0.05) is 19.3 Å². The van der Waals surface area contributed by atoms with Gasteiger partial charge in [0.1, 0.15) is 0 Å². The molecule has 1 unspecified atom stereocenters. The quantitative estimate of drug-likeness (QED) is 0.801. The fraction of sp³-hybridized carbons (Fsp3) is 0.923. The largest absolute Gasteiger partial charge is 0.333 e. The van der Waals surface area contributed by atoms with Gasteiger partial charge in [-0.15, -0.1) is 24.8 Å². The van der Waals surface area contributed by atoms with Crippen LogP contribution in [0.4, 0.5) is 0 Å². The Hall–Kier alpha value is -0.0300. The van der Waals surface area contributed by atoms with Gasteiger partial charge < -0.3 is 15.5 Å². The van der Waals surface area contributed by atoms with Crippen LogP contribution < -0.4 is 5.73 Å². The number of amides is 1. The van der Waals surface area contributed by atoms with E-state index < -0.39 is 0 Å². The van der Waals surface area contributed by atoms with Crippen molar-refractivity contribution >= 4 is 30.7 Å². The fourth-order valence-corrected chi connectivity index (χ4v) is 3.40. The maximum Gasteiger partial charge on any atom is 0.239 e. The number of carbonyl (C=O) groups excluding carboxylic acids is 1. The Morgan fingerprint density at radius 2 is 1.74 bits per heavy atom. The summed E-state index contributed by atoms with van der Waals surface area (Å²) in [6, 6.07) is -0.364. The molecule has 2 aliphatic rings. The molecule has 0 aromatic carbocycles. The minimum absolute atomic E-state index is 0. The molecule has 2 fully saturated rings. The van der Waals surface area contributed by atoms with Gasteiger partial charge in [-0.3, -0.25) is 4.79 Å². The summed E-state index contributed by atoms with van der Waals surface area (Å²) in [4.78, 5) is 16.7. The second kappa shape index (κ2) is 7.67. The zero-order chi connectivity index (χ0) is 12.5. The minimum Gasteiger partial charge on any atom is -0.333 e. The lowest BCUT2D eigenvalue weighted by Crippen LogP contribution is -2.65. The summed E-state index contributed by atoms with van der Waals surface area (Å²) in [7, 11) is 2.16. The van der Waals surface area contributed by atoms with Crippen LogP contribution in [0.25, 0.3) is 0 Å². The van der Waals surface area contributed by atoms with Crippen molar-refractivity contribution in [2.45, 2.75) is 50.6 Å². The highest BCUT2D eigenvalue weighted by molar-refractivity contribution is 5.85. The highest BCUT2D eigenvalue weighted by atomic mass is 35.5. The molecular weight excluding hydrogens is 285 g/mol. The molecule has 1 atom stereocenters. The molecule has 1 saturated carbocycles. The highest BCUT2D eigenvalue weighted by Crippen LogP contribution is 2.36. The van der Waals surface area contributed by atoms with E-state index in [4.69, 9.17) is 5.73 Å². The van der Waals surface area contributed by atoms with Gasteiger partial charge >= 0.3 is 0 Å². The van der Waals surface area contributed by atoms with Crippen LogP contribution in [-0.4, -0.2) is 54.0 Å². The zero-order valence-corrected chi connectivity index (χ0v) is 13.6. The summed E-state index contributed by atoms with van der Waals surface area (Å²) in [6.07, 6.45) is 6.10. The van der Waals surface area contributed by atoms with Crippen molar-refractivity contribution < 1.29 is 4.79 Å². The average Bonchev–Trinajstić information content (AvgIpc) is 2.29. The molecule has 1 saturated heterocycles. The van der Waals surface area contributed by atoms with E-state index in [0.29, 0.717) is 0 Å². The molecule has 2 N–H and O–H groups in total. The first-order chi connectivity index (χ1) is 8.05. The van der Waals surface area contributed by atoms with E-state index in [1.54, 1.807) is 6.92 Å². The first-order valence-corrected chi connectivity index (χ1v) is 6.81. The van der Waals surface area contributed by atoms with E-state index in [2.05, 4.69) is 16.8 Å². The highest BCUT2D eigenvalue weighted by Gasteiger charge is 2.44. The number of piperazine rings is 1. The number of likely N-dealkylation sites (N-methyl/N-ethyl adjacent to an activating group) is 1. The number of halogens is 2. The Morgan fingerprint density at radius 3 is 2.26 bits per heavy atom. The molecule has 6 heteroatoms. The Balaban J connectivity index is 0.00000162. The number of rotatable bonds is 1. The Bertz CT molecular complexity index is 294. The number of carbonyl (C=O) groups is 1. The molecule has 0 aromatic heterocycles. The number of nitrogens with two attached hydrogens (primary N) is 1. The van der Waals surface area contributed by atoms with Crippen molar-refractivity contribution in [1.82, 2.24) is 9.80 Å². The number of hydrogen-bond donors (Lipinski definition) is 1. The maximum absolute atomic E-state index is 12.3. The van der Waals surface area contributed by atoms with Crippen molar-refractivity contribution in [3.05, 3.63) is 0 Å². The molecule has 1 aliphatic heterocycles. The van der Waals surface area contributed by atoms with Crippen molar-refractivity contribution in [3.63, 3.8) is 0 Å². The molecule has 2 rings (SSSR count). The van der Waals surface area contributed by atoms with Crippen LogP contribution in [0.5, 0.6) is 0 Å². The molecule has 19 heavy (non-hydrogen) atoms. The van der Waals surface area contributed by atoms with Gasteiger partial charge in [-0.25, -0.2) is 0 Å². The lowest BCUT2D eigenvalue weighted by molar-refractivity contribution is -0.145. The SMILES string of the molecule is CC(N)C(=O)N1CCN(C)CC12CCCCC2.Cl.Cl. The summed E-state index contributed by atoms with van der Waals surface area (Å²) in [5.74, 6) is 0.139. The normalized spacial score (nSPS) is 24.3. The van der Waals surface area contributed by atoms with Gasteiger partial charge in [0.2, 0.25) is 5.91 Å². The topological polar surface area (TPSA) is 49.6 Å². The Labute approximate surface area is 128 Å². The standard InChI is InChI=1S/C13H25N3O.2ClH/c1-11(14)12(17)16-9-8-15(2)10-13(16)6-4-3-5-7-13;;/h11H,3-10,14H2,1-2H3;2*1H. The molecular formula is C13H27Cl2N3O. The monoisotopic (exact) mass is 311 g/mol. The minimum atomic E-state index is -0.364. The van der Waals surface area contributed by atoms with Crippen LogP contribution in [0, 0.1) is 0 Å². The molecule has 1 heterocycles. The van der Waals surface area contributed by atoms with E-state index >= 15 is 0 Å². The van der Waals surface area contributed by atoms with E-state index in [9.17, 15) is 4.79 Å². The number of hydrogen-bond acceptors (Lipinski definition) is 3. The molecule has 1 aliphatic carbocycles. The summed E-state index contributed by atoms with van der Waals surface area (Å²) < 4.78 is 0. The van der Waals surface area contributed by atoms with Crippen molar-refractivity contribution in [1.29, 1.82) is 0 Å². The lowest BCUT2D eigenvalue weighted by Gasteiger charge is -2.52. The third kappa shape index (κ3) is 3.97. The molecule has 0 aromatic rings. The van der Waals surface area contributed by atoms with Crippen LogP contribution >= 0.6 is 24.8 Å². The van der Waals surface area contributed by atoms with Crippen LogP contribution in [0.2, 0.25) is 0 Å². The third-order valence-corrected chi connectivity index (χ3v) is 4.28. The maximum atomic E-state index is 12.3. The molecule has 0 radical (unpaired) electrons. The predicted molar refractivity (Wildman–Crippen MR) is 83.2 cm³/mol. The Morgan fingerprint density at radius 1 is 1.16 bits per heavy atom. The average molecular weight is 312 g/mol.